The molecule has 13 heteroatoms. The lowest BCUT2D eigenvalue weighted by atomic mass is 9.75. The van der Waals surface area contributed by atoms with Gasteiger partial charge < -0.3 is 15.0 Å². The van der Waals surface area contributed by atoms with Gasteiger partial charge in [0.15, 0.2) is 0 Å². The van der Waals surface area contributed by atoms with Crippen LogP contribution in [0.5, 0.6) is 0 Å². The zero-order valence-electron chi connectivity index (χ0n) is 19.0. The Balaban J connectivity index is 1.58. The number of hydrogen-bond acceptors (Lipinski definition) is 6. The Morgan fingerprint density at radius 1 is 1.20 bits per heavy atom. The van der Waals surface area contributed by atoms with Crippen LogP contribution in [0, 0.1) is 22.0 Å². The number of nitrogens with one attached hydrogen (secondary N) is 1. The molecule has 10 nitrogen and oxygen atoms in total. The van der Waals surface area contributed by atoms with E-state index in [1.807, 2.05) is 0 Å². The van der Waals surface area contributed by atoms with Crippen LogP contribution < -0.4 is 4.72 Å². The fourth-order valence-corrected chi connectivity index (χ4v) is 7.52. The molecule has 1 N–H and O–H groups in total. The summed E-state index contributed by atoms with van der Waals surface area (Å²) in [6, 6.07) is 3.18. The van der Waals surface area contributed by atoms with Crippen molar-refractivity contribution < 1.29 is 18.1 Å². The number of nitro groups is 1. The number of carbonyl (C=O) groups excluding carboxylic acids is 1. The molecule has 2 aromatic rings. The Hall–Kier alpha value is -2.21. The van der Waals surface area contributed by atoms with E-state index in [0.29, 0.717) is 24.9 Å². The standard InChI is InChI=1S/C22H27Cl2N5O5S/c23-17-6-3-7-18(24)20(17)35(33,34)26-19(9-12-27-13-10-25-22(27)29(31)32)21(30)28-11-8-15-4-1-2-5-16(15)14-28/h3,6-7,10,13,15-16,19,26H,1-2,4-5,8-9,11-12,14H2/t15-,16+,19?/m0/s1. The summed E-state index contributed by atoms with van der Waals surface area (Å²) in [7, 11) is -4.27. The van der Waals surface area contributed by atoms with Crippen LogP contribution in [0.15, 0.2) is 35.5 Å². The van der Waals surface area contributed by atoms with Crippen LogP contribution in [0.4, 0.5) is 5.95 Å². The number of benzene rings is 1. The van der Waals surface area contributed by atoms with Gasteiger partial charge in [0.25, 0.3) is 0 Å². The van der Waals surface area contributed by atoms with Gasteiger partial charge in [-0.3, -0.25) is 4.79 Å². The lowest BCUT2D eigenvalue weighted by Crippen LogP contribution is -2.53. The van der Waals surface area contributed by atoms with Crippen molar-refractivity contribution in [2.75, 3.05) is 13.1 Å². The SMILES string of the molecule is O=C(C(CCn1ccnc1[N+](=O)[O-])NS(=O)(=O)c1c(Cl)cccc1Cl)N1CC[C@@H]2CCCC[C@@H]2C1. The number of nitrogens with zero attached hydrogens (tertiary/aromatic N) is 4. The minimum absolute atomic E-state index is 0.0120. The van der Waals surface area contributed by atoms with Crippen LogP contribution in [0.25, 0.3) is 0 Å². The second kappa shape index (κ2) is 10.8. The average molecular weight is 544 g/mol. The van der Waals surface area contributed by atoms with Crippen molar-refractivity contribution in [2.24, 2.45) is 11.8 Å². The number of amides is 1. The first-order chi connectivity index (χ1) is 16.7. The fraction of sp³-hybridized carbons (Fsp3) is 0.545. The lowest BCUT2D eigenvalue weighted by molar-refractivity contribution is -0.396. The summed E-state index contributed by atoms with van der Waals surface area (Å²) in [5.74, 6) is 0.268. The summed E-state index contributed by atoms with van der Waals surface area (Å²) in [5.41, 5.74) is 0. The van der Waals surface area contributed by atoms with Crippen molar-refractivity contribution in [1.82, 2.24) is 19.2 Å². The third kappa shape index (κ3) is 5.79. The van der Waals surface area contributed by atoms with E-state index in [-0.39, 0.29) is 39.8 Å². The highest BCUT2D eigenvalue weighted by Gasteiger charge is 2.37. The fourth-order valence-electron chi connectivity index (χ4n) is 5.16. The Kier molecular flexibility index (Phi) is 7.99. The Bertz CT molecular complexity index is 1180. The molecule has 1 aliphatic heterocycles. The normalized spacial score (nSPS) is 21.4. The topological polar surface area (TPSA) is 127 Å². The highest BCUT2D eigenvalue weighted by Crippen LogP contribution is 2.36. The molecule has 0 bridgehead atoms. The van der Waals surface area contributed by atoms with Gasteiger partial charge in [-0.2, -0.15) is 4.72 Å². The number of fused-ring (bicyclic) bond motifs is 1. The monoisotopic (exact) mass is 543 g/mol. The zero-order chi connectivity index (χ0) is 25.2. The number of piperidine rings is 1. The number of hydrogen-bond donors (Lipinski definition) is 1. The Morgan fingerprint density at radius 2 is 1.89 bits per heavy atom. The smallest absolute Gasteiger partial charge is 0.390 e. The van der Waals surface area contributed by atoms with Gasteiger partial charge >= 0.3 is 5.95 Å². The molecule has 2 heterocycles. The second-order valence-electron chi connectivity index (χ2n) is 9.07. The minimum Gasteiger partial charge on any atom is -0.390 e. The molecule has 1 saturated carbocycles. The molecule has 1 aliphatic carbocycles. The number of imidazole rings is 1. The molecular formula is C22H27Cl2N5O5S. The van der Waals surface area contributed by atoms with Crippen molar-refractivity contribution in [3.05, 3.63) is 50.8 Å². The zero-order valence-corrected chi connectivity index (χ0v) is 21.3. The van der Waals surface area contributed by atoms with Gasteiger partial charge in [0.1, 0.15) is 23.3 Å². The number of sulfonamides is 1. The van der Waals surface area contributed by atoms with Crippen molar-refractivity contribution in [3.8, 4) is 0 Å². The van der Waals surface area contributed by atoms with Crippen LogP contribution in [-0.4, -0.2) is 52.8 Å². The number of carbonyl (C=O) groups is 1. The van der Waals surface area contributed by atoms with E-state index >= 15 is 0 Å². The number of likely N-dealkylation sites (tertiary alicyclic amines) is 1. The average Bonchev–Trinajstić information content (AvgIpc) is 3.30. The van der Waals surface area contributed by atoms with Crippen molar-refractivity contribution in [2.45, 2.75) is 56.0 Å². The molecule has 2 aliphatic rings. The quantitative estimate of drug-likeness (QED) is 0.397. The van der Waals surface area contributed by atoms with Gasteiger partial charge in [0, 0.05) is 19.5 Å². The van der Waals surface area contributed by atoms with Gasteiger partial charge in [-0.05, 0) is 41.7 Å². The molecule has 2 fully saturated rings. The molecule has 0 spiro atoms. The first kappa shape index (κ1) is 25.9. The van der Waals surface area contributed by atoms with Crippen LogP contribution >= 0.6 is 23.2 Å². The predicted octanol–water partition coefficient (Wildman–Crippen LogP) is 3.87. The van der Waals surface area contributed by atoms with E-state index in [0.717, 1.165) is 25.7 Å². The molecule has 1 aromatic carbocycles. The second-order valence-corrected chi connectivity index (χ2v) is 11.5. The van der Waals surface area contributed by atoms with Gasteiger partial charge in [0.05, 0.1) is 16.6 Å². The van der Waals surface area contributed by atoms with E-state index < -0.39 is 21.0 Å². The Labute approximate surface area is 213 Å². The number of rotatable bonds is 8. The molecule has 190 valence electrons. The molecular weight excluding hydrogens is 517 g/mol. The highest BCUT2D eigenvalue weighted by atomic mass is 35.5. The maximum atomic E-state index is 13.6. The van der Waals surface area contributed by atoms with Gasteiger partial charge in [0.2, 0.25) is 15.9 Å². The summed E-state index contributed by atoms with van der Waals surface area (Å²) in [6.45, 7) is 1.15. The van der Waals surface area contributed by atoms with E-state index in [9.17, 15) is 23.3 Å². The molecule has 1 aromatic heterocycles. The summed E-state index contributed by atoms with van der Waals surface area (Å²) in [5, 5.41) is 11.1. The summed E-state index contributed by atoms with van der Waals surface area (Å²) in [4.78, 5) is 29.3. The van der Waals surface area contributed by atoms with E-state index in [2.05, 4.69) is 9.71 Å². The van der Waals surface area contributed by atoms with Gasteiger partial charge in [-0.1, -0.05) is 53.5 Å². The number of aryl methyl sites for hydroxylation is 1. The predicted molar refractivity (Wildman–Crippen MR) is 131 cm³/mol. The largest absolute Gasteiger partial charge is 0.434 e. The molecule has 35 heavy (non-hydrogen) atoms. The molecule has 1 saturated heterocycles. The number of halogens is 2. The maximum absolute atomic E-state index is 13.6. The molecule has 1 unspecified atom stereocenters. The third-order valence-electron chi connectivity index (χ3n) is 6.90. The van der Waals surface area contributed by atoms with Gasteiger partial charge in [-0.25, -0.2) is 13.0 Å². The van der Waals surface area contributed by atoms with Crippen LogP contribution in [0.3, 0.4) is 0 Å². The first-order valence-corrected chi connectivity index (χ1v) is 13.8. The van der Waals surface area contributed by atoms with E-state index in [1.165, 1.54) is 41.6 Å². The lowest BCUT2D eigenvalue weighted by Gasteiger charge is -2.42. The Morgan fingerprint density at radius 3 is 2.57 bits per heavy atom. The van der Waals surface area contributed by atoms with Gasteiger partial charge in [-0.15, -0.1) is 0 Å². The summed E-state index contributed by atoms with van der Waals surface area (Å²) < 4.78 is 30.3. The molecule has 0 radical (unpaired) electrons. The van der Waals surface area contributed by atoms with E-state index in [1.54, 1.807) is 4.90 Å². The van der Waals surface area contributed by atoms with Crippen molar-refractivity contribution >= 4 is 45.1 Å². The third-order valence-corrected chi connectivity index (χ3v) is 9.33. The maximum Gasteiger partial charge on any atom is 0.434 e. The van der Waals surface area contributed by atoms with Crippen LogP contribution in [0.1, 0.15) is 38.5 Å². The minimum atomic E-state index is -4.27. The molecule has 4 rings (SSSR count). The van der Waals surface area contributed by atoms with E-state index in [4.69, 9.17) is 23.2 Å². The first-order valence-electron chi connectivity index (χ1n) is 11.6. The molecule has 1 amide bonds. The summed E-state index contributed by atoms with van der Waals surface area (Å²) in [6.07, 6.45) is 8.15. The highest BCUT2D eigenvalue weighted by molar-refractivity contribution is 7.89. The molecule has 3 atom stereocenters. The number of aromatic nitrogens is 2. The van der Waals surface area contributed by atoms with Crippen molar-refractivity contribution in [3.63, 3.8) is 0 Å². The van der Waals surface area contributed by atoms with Crippen LogP contribution in [0.2, 0.25) is 10.0 Å². The van der Waals surface area contributed by atoms with Crippen molar-refractivity contribution in [1.29, 1.82) is 0 Å². The summed E-state index contributed by atoms with van der Waals surface area (Å²) >= 11 is 12.3. The van der Waals surface area contributed by atoms with Crippen LogP contribution in [-0.2, 0) is 21.4 Å².